The number of ether oxygens (including phenoxy) is 1. The fraction of sp³-hybridized carbons (Fsp3) is 0.636. The van der Waals surface area contributed by atoms with Gasteiger partial charge in [0.15, 0.2) is 0 Å². The van der Waals surface area contributed by atoms with Gasteiger partial charge in [0, 0.05) is 0 Å². The number of thiol groups is 1. The number of H-pyrrole nitrogens is 1. The van der Waals surface area contributed by atoms with Crippen molar-refractivity contribution in [3.8, 4) is 0 Å². The Kier molecular flexibility index (Phi) is 4.92. The number of nitrogens with one attached hydrogen (secondary N) is 1. The Morgan fingerprint density at radius 1 is 1.57 bits per heavy atom. The second-order valence-corrected chi connectivity index (χ2v) is 8.39. The Morgan fingerprint density at radius 3 is 2.86 bits per heavy atom. The summed E-state index contributed by atoms with van der Waals surface area (Å²) in [4.78, 5) is 43.7. The first-order valence-electron chi connectivity index (χ1n) is 6.46. The predicted molar refractivity (Wildman–Crippen MR) is 81.4 cm³/mol. The van der Waals surface area contributed by atoms with Crippen molar-refractivity contribution in [2.75, 3.05) is 6.61 Å². The molecule has 0 aromatic carbocycles. The molecule has 1 fully saturated rings. The van der Waals surface area contributed by atoms with Crippen LogP contribution in [0.2, 0.25) is 0 Å². The monoisotopic (exact) mass is 338 g/mol. The maximum absolute atomic E-state index is 11.8. The van der Waals surface area contributed by atoms with Gasteiger partial charge in [-0.15, -0.1) is 0 Å². The number of rotatable bonds is 4. The van der Waals surface area contributed by atoms with E-state index in [-0.39, 0.29) is 18.6 Å². The van der Waals surface area contributed by atoms with Gasteiger partial charge in [0.2, 0.25) is 0 Å². The summed E-state index contributed by atoms with van der Waals surface area (Å²) in [5.74, 6) is 0.0545. The number of aromatic amines is 1. The normalized spacial score (nSPS) is 27.0. The maximum atomic E-state index is 11.8. The molecule has 1 aliphatic rings. The molecule has 3 N–H and O–H groups in total. The minimum atomic E-state index is -3.88. The van der Waals surface area contributed by atoms with Crippen LogP contribution in [0.15, 0.2) is 15.8 Å². The summed E-state index contributed by atoms with van der Waals surface area (Å²) in [6.07, 6.45) is 1.10. The van der Waals surface area contributed by atoms with Crippen LogP contribution in [0.5, 0.6) is 0 Å². The Morgan fingerprint density at radius 2 is 2.24 bits per heavy atom. The first-order valence-corrected chi connectivity index (χ1v) is 9.55. The van der Waals surface area contributed by atoms with Crippen molar-refractivity contribution in [3.05, 3.63) is 32.6 Å². The van der Waals surface area contributed by atoms with Gasteiger partial charge >= 0.3 is 126 Å². The van der Waals surface area contributed by atoms with Crippen molar-refractivity contribution < 1.29 is 19.0 Å². The van der Waals surface area contributed by atoms with Gasteiger partial charge in [-0.3, -0.25) is 0 Å². The fourth-order valence-electron chi connectivity index (χ4n) is 2.24. The molecule has 21 heavy (non-hydrogen) atoms. The van der Waals surface area contributed by atoms with Gasteiger partial charge < -0.3 is 0 Å². The SMILES string of the molecule is Cc1cn([C@H]2CC(C)[C@@H](CO[PH](O)(O)S)O2)c(=O)[nH]c1=O. The van der Waals surface area contributed by atoms with E-state index in [0.717, 1.165) is 0 Å². The van der Waals surface area contributed by atoms with Gasteiger partial charge in [-0.1, -0.05) is 0 Å². The zero-order valence-electron chi connectivity index (χ0n) is 11.6. The zero-order valence-corrected chi connectivity index (χ0v) is 13.5. The molecule has 0 aliphatic carbocycles. The van der Waals surface area contributed by atoms with Crippen molar-refractivity contribution in [1.82, 2.24) is 9.55 Å². The molecule has 120 valence electrons. The quantitative estimate of drug-likeness (QED) is 0.458. The molecule has 1 aliphatic heterocycles. The molecule has 10 heteroatoms. The Bertz CT molecular complexity index is 624. The Balaban J connectivity index is 2.12. The third kappa shape index (κ3) is 4.15. The van der Waals surface area contributed by atoms with Gasteiger partial charge in [0.25, 0.3) is 0 Å². The number of hydrogen-bond acceptors (Lipinski definition) is 7. The molecule has 3 atom stereocenters. The number of aryl methyl sites for hydroxylation is 1. The van der Waals surface area contributed by atoms with Crippen molar-refractivity contribution in [2.45, 2.75) is 32.6 Å². The molecule has 1 saturated heterocycles. The van der Waals surface area contributed by atoms with Crippen LogP contribution in [0.1, 0.15) is 25.1 Å². The van der Waals surface area contributed by atoms with E-state index < -0.39 is 24.6 Å². The molecule has 0 radical (unpaired) electrons. The van der Waals surface area contributed by atoms with E-state index in [1.807, 2.05) is 6.92 Å². The van der Waals surface area contributed by atoms with Crippen LogP contribution in [-0.4, -0.2) is 32.0 Å². The summed E-state index contributed by atoms with van der Waals surface area (Å²) in [5, 5.41) is 0. The molecule has 1 aromatic rings. The summed E-state index contributed by atoms with van der Waals surface area (Å²) in [7, 11) is -3.88. The van der Waals surface area contributed by atoms with E-state index in [9.17, 15) is 9.59 Å². The topological polar surface area (TPSA) is 114 Å². The van der Waals surface area contributed by atoms with Gasteiger partial charge in [0.05, 0.1) is 0 Å². The Labute approximate surface area is 126 Å². The number of nitrogens with zero attached hydrogens (tertiary/aromatic N) is 1. The van der Waals surface area contributed by atoms with Crippen LogP contribution in [0.25, 0.3) is 0 Å². The van der Waals surface area contributed by atoms with Crippen LogP contribution in [-0.2, 0) is 9.26 Å². The zero-order chi connectivity index (χ0) is 15.8. The van der Waals surface area contributed by atoms with Crippen LogP contribution in [0.3, 0.4) is 0 Å². The fourth-order valence-corrected chi connectivity index (χ4v) is 2.85. The third-order valence-electron chi connectivity index (χ3n) is 3.44. The molecule has 1 aromatic heterocycles. The van der Waals surface area contributed by atoms with Crippen LogP contribution >= 0.6 is 19.4 Å². The van der Waals surface area contributed by atoms with E-state index in [1.165, 1.54) is 10.8 Å². The van der Waals surface area contributed by atoms with Crippen LogP contribution < -0.4 is 11.2 Å². The van der Waals surface area contributed by atoms with E-state index in [1.54, 1.807) is 6.92 Å². The predicted octanol–water partition coefficient (Wildman–Crippen LogP) is 0.110. The summed E-state index contributed by atoms with van der Waals surface area (Å²) in [6, 6.07) is 0. The van der Waals surface area contributed by atoms with E-state index >= 15 is 0 Å². The van der Waals surface area contributed by atoms with Crippen LogP contribution in [0, 0.1) is 12.8 Å². The van der Waals surface area contributed by atoms with Crippen molar-refractivity contribution in [2.24, 2.45) is 5.92 Å². The second kappa shape index (κ2) is 6.20. The molecule has 0 amide bonds. The minimum absolute atomic E-state index is 0.0164. The second-order valence-electron chi connectivity index (χ2n) is 5.21. The molecular formula is C11H19N2O6PS. The van der Waals surface area contributed by atoms with Crippen molar-refractivity contribution >= 4 is 19.4 Å². The molecule has 0 spiro atoms. The van der Waals surface area contributed by atoms with Crippen molar-refractivity contribution in [1.29, 1.82) is 0 Å². The summed E-state index contributed by atoms with van der Waals surface area (Å²) < 4.78 is 11.9. The number of hydrogen-bond donors (Lipinski definition) is 4. The standard InChI is InChI=1S/C11H19N2O6PS/c1-6-3-9(19-8(6)5-18-20(16,17)21)13-4-7(2)10(14)12-11(13)15/h4,6,8-9,16-17,20-21H,3,5H2,1-2H3,(H,12,14,15)/t6?,8-,9-/m1/s1. The van der Waals surface area contributed by atoms with Gasteiger partial charge in [-0.25, -0.2) is 0 Å². The van der Waals surface area contributed by atoms with E-state index in [4.69, 9.17) is 19.0 Å². The summed E-state index contributed by atoms with van der Waals surface area (Å²) in [6.45, 7) is 3.50. The van der Waals surface area contributed by atoms with Gasteiger partial charge in [-0.2, -0.15) is 0 Å². The molecule has 0 bridgehead atoms. The average molecular weight is 338 g/mol. The molecular weight excluding hydrogens is 319 g/mol. The molecule has 8 nitrogen and oxygen atoms in total. The molecule has 2 rings (SSSR count). The first-order chi connectivity index (χ1) is 9.67. The third-order valence-corrected chi connectivity index (χ3v) is 4.38. The molecule has 0 saturated carbocycles. The van der Waals surface area contributed by atoms with Crippen molar-refractivity contribution in [3.63, 3.8) is 0 Å². The van der Waals surface area contributed by atoms with Gasteiger partial charge in [-0.05, 0) is 0 Å². The van der Waals surface area contributed by atoms with E-state index in [0.29, 0.717) is 12.0 Å². The van der Waals surface area contributed by atoms with E-state index in [2.05, 4.69) is 17.2 Å². The molecule has 1 unspecified atom stereocenters. The first kappa shape index (κ1) is 16.7. The average Bonchev–Trinajstić information content (AvgIpc) is 2.72. The molecule has 2 heterocycles. The summed E-state index contributed by atoms with van der Waals surface area (Å²) >= 11 is 3.57. The Hall–Kier alpha value is -0.700. The van der Waals surface area contributed by atoms with Gasteiger partial charge in [0.1, 0.15) is 0 Å². The number of aromatic nitrogens is 2. The summed E-state index contributed by atoms with van der Waals surface area (Å²) in [5.41, 5.74) is -0.543. The van der Waals surface area contributed by atoms with Crippen LogP contribution in [0.4, 0.5) is 0 Å².